The maximum atomic E-state index is 11.4. The Hall–Kier alpha value is -1.76. The number of methoxy groups -OCH3 is 1. The molecule has 0 aliphatic heterocycles. The fourth-order valence-corrected chi connectivity index (χ4v) is 0.783. The zero-order chi connectivity index (χ0) is 12.6. The molecule has 0 saturated carbocycles. The van der Waals surface area contributed by atoms with Crippen molar-refractivity contribution >= 4 is 12.1 Å². The molecule has 0 fully saturated rings. The van der Waals surface area contributed by atoms with Gasteiger partial charge in [-0.3, -0.25) is 0 Å². The molecule has 0 heterocycles. The van der Waals surface area contributed by atoms with Crippen LogP contribution >= 0.6 is 0 Å². The van der Waals surface area contributed by atoms with Gasteiger partial charge < -0.3 is 25.7 Å². The zero-order valence-corrected chi connectivity index (χ0v) is 9.32. The Bertz CT molecular complexity index is 288. The first kappa shape index (κ1) is 14.2. The Morgan fingerprint density at radius 3 is 2.25 bits per heavy atom. The largest absolute Gasteiger partial charge is 0.457 e. The minimum absolute atomic E-state index is 0.0396. The number of hydrogen-bond donors (Lipinski definition) is 2. The van der Waals surface area contributed by atoms with Gasteiger partial charge in [-0.05, 0) is 6.42 Å². The molecule has 0 unspecified atom stereocenters. The van der Waals surface area contributed by atoms with E-state index in [0.717, 1.165) is 0 Å². The Labute approximate surface area is 93.3 Å². The third-order valence-electron chi connectivity index (χ3n) is 1.58. The summed E-state index contributed by atoms with van der Waals surface area (Å²) in [7, 11) is 1.46. The van der Waals surface area contributed by atoms with Crippen LogP contribution in [0.25, 0.3) is 0 Å². The second kappa shape index (κ2) is 7.52. The number of hydrogen-bond acceptors (Lipinski definition) is 6. The van der Waals surface area contributed by atoms with E-state index < -0.39 is 12.1 Å². The van der Waals surface area contributed by atoms with Crippen molar-refractivity contribution in [2.45, 2.75) is 13.3 Å². The van der Waals surface area contributed by atoms with Crippen molar-refractivity contribution in [2.24, 2.45) is 11.5 Å². The summed E-state index contributed by atoms with van der Waals surface area (Å²) in [6, 6.07) is 0. The van der Waals surface area contributed by atoms with Crippen LogP contribution in [-0.4, -0.2) is 32.4 Å². The molecule has 0 atom stereocenters. The van der Waals surface area contributed by atoms with E-state index in [1.54, 1.807) is 6.92 Å². The fourth-order valence-electron chi connectivity index (χ4n) is 0.783. The SMILES string of the molecule is CCC(N)=C(OC(N)=O)C(=O)OCCOC. The first-order valence-corrected chi connectivity index (χ1v) is 4.64. The van der Waals surface area contributed by atoms with Gasteiger partial charge >= 0.3 is 12.1 Å². The number of esters is 1. The van der Waals surface area contributed by atoms with Gasteiger partial charge in [0.05, 0.1) is 12.3 Å². The lowest BCUT2D eigenvalue weighted by Gasteiger charge is -2.09. The van der Waals surface area contributed by atoms with Crippen LogP contribution in [0.1, 0.15) is 13.3 Å². The standard InChI is InChI=1S/C9H16N2O5/c1-3-6(10)7(16-9(11)13)8(12)15-5-4-14-2/h3-5,10H2,1-2H3,(H2,11,13). The molecule has 0 aromatic rings. The molecule has 0 aromatic carbocycles. The van der Waals surface area contributed by atoms with Crippen LogP contribution in [-0.2, 0) is 19.0 Å². The van der Waals surface area contributed by atoms with Crippen LogP contribution in [0.5, 0.6) is 0 Å². The summed E-state index contributed by atoms with van der Waals surface area (Å²) in [5, 5.41) is 0. The zero-order valence-electron chi connectivity index (χ0n) is 9.32. The predicted molar refractivity (Wildman–Crippen MR) is 55.0 cm³/mol. The van der Waals surface area contributed by atoms with Gasteiger partial charge in [-0.1, -0.05) is 6.92 Å². The molecule has 0 aliphatic rings. The summed E-state index contributed by atoms with van der Waals surface area (Å²) in [5.41, 5.74) is 10.4. The summed E-state index contributed by atoms with van der Waals surface area (Å²) < 4.78 is 13.9. The van der Waals surface area contributed by atoms with E-state index in [1.165, 1.54) is 7.11 Å². The lowest BCUT2D eigenvalue weighted by Crippen LogP contribution is -2.23. The van der Waals surface area contributed by atoms with Gasteiger partial charge in [0, 0.05) is 7.11 Å². The first-order chi connectivity index (χ1) is 7.52. The van der Waals surface area contributed by atoms with Gasteiger partial charge in [0.25, 0.3) is 0 Å². The van der Waals surface area contributed by atoms with E-state index in [2.05, 4.69) is 9.47 Å². The molecular formula is C9H16N2O5. The van der Waals surface area contributed by atoms with E-state index in [4.69, 9.17) is 16.2 Å². The highest BCUT2D eigenvalue weighted by Crippen LogP contribution is 2.07. The summed E-state index contributed by atoms with van der Waals surface area (Å²) >= 11 is 0. The maximum Gasteiger partial charge on any atom is 0.410 e. The fraction of sp³-hybridized carbons (Fsp3) is 0.556. The molecule has 1 amide bonds. The molecule has 7 nitrogen and oxygen atoms in total. The van der Waals surface area contributed by atoms with Crippen LogP contribution < -0.4 is 11.5 Å². The van der Waals surface area contributed by atoms with Crippen molar-refractivity contribution in [3.63, 3.8) is 0 Å². The van der Waals surface area contributed by atoms with Gasteiger partial charge in [0.1, 0.15) is 6.61 Å². The molecule has 0 aromatic heterocycles. The van der Waals surface area contributed by atoms with Crippen LogP contribution in [0.15, 0.2) is 11.5 Å². The number of carbonyl (C=O) groups excluding carboxylic acids is 2. The Morgan fingerprint density at radius 1 is 1.19 bits per heavy atom. The van der Waals surface area contributed by atoms with Crippen LogP contribution in [0.2, 0.25) is 0 Å². The minimum atomic E-state index is -1.12. The Balaban J connectivity index is 4.52. The molecular weight excluding hydrogens is 216 g/mol. The molecule has 92 valence electrons. The lowest BCUT2D eigenvalue weighted by atomic mass is 10.3. The highest BCUT2D eigenvalue weighted by atomic mass is 16.6. The summed E-state index contributed by atoms with van der Waals surface area (Å²) in [6.07, 6.45) is -0.780. The average molecular weight is 232 g/mol. The van der Waals surface area contributed by atoms with E-state index in [0.29, 0.717) is 6.42 Å². The Morgan fingerprint density at radius 2 is 1.81 bits per heavy atom. The molecule has 0 saturated heterocycles. The third-order valence-corrected chi connectivity index (χ3v) is 1.58. The summed E-state index contributed by atoms with van der Waals surface area (Å²) in [4.78, 5) is 21.9. The summed E-state index contributed by atoms with van der Waals surface area (Å²) in [6.45, 7) is 1.97. The van der Waals surface area contributed by atoms with Crippen molar-refractivity contribution < 1.29 is 23.8 Å². The van der Waals surface area contributed by atoms with Crippen molar-refractivity contribution in [2.75, 3.05) is 20.3 Å². The van der Waals surface area contributed by atoms with Crippen molar-refractivity contribution in [3.05, 3.63) is 11.5 Å². The van der Waals surface area contributed by atoms with Gasteiger partial charge in [-0.25, -0.2) is 9.59 Å². The second-order valence-corrected chi connectivity index (χ2v) is 2.76. The minimum Gasteiger partial charge on any atom is -0.457 e. The number of amides is 1. The van der Waals surface area contributed by atoms with Crippen LogP contribution in [0, 0.1) is 0 Å². The lowest BCUT2D eigenvalue weighted by molar-refractivity contribution is -0.143. The molecule has 4 N–H and O–H groups in total. The van der Waals surface area contributed by atoms with E-state index in [9.17, 15) is 9.59 Å². The summed E-state index contributed by atoms with van der Waals surface area (Å²) in [5.74, 6) is -1.21. The number of rotatable bonds is 6. The predicted octanol–water partition coefficient (Wildman–Crippen LogP) is -0.148. The average Bonchev–Trinajstić information content (AvgIpc) is 2.24. The van der Waals surface area contributed by atoms with E-state index in [1.807, 2.05) is 0 Å². The topological polar surface area (TPSA) is 114 Å². The normalized spacial score (nSPS) is 11.6. The molecule has 0 aliphatic carbocycles. The number of ether oxygens (including phenoxy) is 3. The highest BCUT2D eigenvalue weighted by Gasteiger charge is 2.18. The van der Waals surface area contributed by atoms with Gasteiger partial charge in [-0.2, -0.15) is 0 Å². The van der Waals surface area contributed by atoms with E-state index in [-0.39, 0.29) is 24.7 Å². The van der Waals surface area contributed by atoms with Gasteiger partial charge in [0.2, 0.25) is 5.76 Å². The second-order valence-electron chi connectivity index (χ2n) is 2.76. The number of nitrogens with two attached hydrogens (primary N) is 2. The molecule has 16 heavy (non-hydrogen) atoms. The van der Waals surface area contributed by atoms with Crippen molar-refractivity contribution in [1.82, 2.24) is 0 Å². The molecule has 0 rings (SSSR count). The monoisotopic (exact) mass is 232 g/mol. The smallest absolute Gasteiger partial charge is 0.410 e. The number of allylic oxidation sites excluding steroid dienone is 1. The van der Waals surface area contributed by atoms with Crippen molar-refractivity contribution in [1.29, 1.82) is 0 Å². The first-order valence-electron chi connectivity index (χ1n) is 4.64. The third kappa shape index (κ3) is 5.20. The van der Waals surface area contributed by atoms with Gasteiger partial charge in [0.15, 0.2) is 0 Å². The van der Waals surface area contributed by atoms with Crippen LogP contribution in [0.3, 0.4) is 0 Å². The molecule has 0 radical (unpaired) electrons. The highest BCUT2D eigenvalue weighted by molar-refractivity contribution is 5.89. The number of primary amides is 1. The quantitative estimate of drug-likeness (QED) is 0.285. The molecule has 0 spiro atoms. The maximum absolute atomic E-state index is 11.4. The van der Waals surface area contributed by atoms with Gasteiger partial charge in [-0.15, -0.1) is 0 Å². The Kier molecular flexibility index (Phi) is 6.69. The molecule has 7 heteroatoms. The molecule has 0 bridgehead atoms. The van der Waals surface area contributed by atoms with E-state index >= 15 is 0 Å². The van der Waals surface area contributed by atoms with Crippen molar-refractivity contribution in [3.8, 4) is 0 Å². The number of carbonyl (C=O) groups is 2. The van der Waals surface area contributed by atoms with Crippen LogP contribution in [0.4, 0.5) is 4.79 Å².